The van der Waals surface area contributed by atoms with E-state index < -0.39 is 23.5 Å². The maximum absolute atomic E-state index is 14.1. The molecular weight excluding hydrogens is 392 g/mol. The number of halogens is 3. The molecule has 0 radical (unpaired) electrons. The average molecular weight is 408 g/mol. The highest BCUT2D eigenvalue weighted by Crippen LogP contribution is 2.31. The second-order valence-corrected chi connectivity index (χ2v) is 7.15. The summed E-state index contributed by atoms with van der Waals surface area (Å²) in [6.45, 7) is 0.195. The van der Waals surface area contributed by atoms with Gasteiger partial charge in [0.05, 0.1) is 10.9 Å². The highest BCUT2D eigenvalue weighted by atomic mass is 35.5. The Kier molecular flexibility index (Phi) is 6.15. The zero-order chi connectivity index (χ0) is 19.4. The molecule has 1 atom stereocenters. The van der Waals surface area contributed by atoms with Crippen molar-refractivity contribution in [1.82, 2.24) is 4.98 Å². The van der Waals surface area contributed by atoms with Crippen LogP contribution in [0.3, 0.4) is 0 Å². The first-order valence-corrected chi connectivity index (χ1v) is 9.40. The van der Waals surface area contributed by atoms with Crippen LogP contribution in [0.25, 0.3) is 11.1 Å². The largest absolute Gasteiger partial charge is 0.330 e. The van der Waals surface area contributed by atoms with E-state index in [2.05, 4.69) is 10.3 Å². The number of anilines is 1. The third-order valence-electron chi connectivity index (χ3n) is 4.02. The topological polar surface area (TPSA) is 68.0 Å². The van der Waals surface area contributed by atoms with Gasteiger partial charge in [0.2, 0.25) is 5.91 Å². The van der Waals surface area contributed by atoms with Crippen molar-refractivity contribution in [2.45, 2.75) is 12.3 Å². The van der Waals surface area contributed by atoms with E-state index >= 15 is 0 Å². The molecule has 0 fully saturated rings. The van der Waals surface area contributed by atoms with E-state index in [4.69, 9.17) is 17.3 Å². The van der Waals surface area contributed by atoms with E-state index in [0.29, 0.717) is 10.2 Å². The minimum Gasteiger partial charge on any atom is -0.330 e. The van der Waals surface area contributed by atoms with Crippen molar-refractivity contribution in [3.63, 3.8) is 0 Å². The summed E-state index contributed by atoms with van der Waals surface area (Å²) in [6.07, 6.45) is 1.84. The van der Waals surface area contributed by atoms with Gasteiger partial charge in [0.1, 0.15) is 16.8 Å². The van der Waals surface area contributed by atoms with Crippen molar-refractivity contribution in [3.8, 4) is 11.1 Å². The zero-order valence-electron chi connectivity index (χ0n) is 14.1. The van der Waals surface area contributed by atoms with Crippen LogP contribution >= 0.6 is 22.9 Å². The van der Waals surface area contributed by atoms with Crippen LogP contribution in [0.1, 0.15) is 17.9 Å². The second-order valence-electron chi connectivity index (χ2n) is 5.85. The van der Waals surface area contributed by atoms with E-state index in [-0.39, 0.29) is 18.5 Å². The zero-order valence-corrected chi connectivity index (χ0v) is 15.7. The fourth-order valence-corrected chi connectivity index (χ4v) is 3.71. The van der Waals surface area contributed by atoms with Crippen molar-refractivity contribution in [1.29, 1.82) is 0 Å². The summed E-state index contributed by atoms with van der Waals surface area (Å²) in [4.78, 5) is 16.6. The molecule has 0 aliphatic heterocycles. The number of hydrogen-bond acceptors (Lipinski definition) is 4. The molecule has 0 aliphatic carbocycles. The molecular formula is C19H16ClF2N3OS. The molecule has 1 amide bonds. The van der Waals surface area contributed by atoms with Gasteiger partial charge in [-0.3, -0.25) is 4.79 Å². The predicted molar refractivity (Wildman–Crippen MR) is 104 cm³/mol. The monoisotopic (exact) mass is 407 g/mol. The van der Waals surface area contributed by atoms with Crippen LogP contribution in [0.2, 0.25) is 5.15 Å². The number of nitrogens with two attached hydrogens (primary N) is 1. The lowest BCUT2D eigenvalue weighted by Crippen LogP contribution is -2.24. The predicted octanol–water partition coefficient (Wildman–Crippen LogP) is 4.81. The number of carbonyl (C=O) groups excluding carboxylic acids is 1. The van der Waals surface area contributed by atoms with Crippen LogP contribution in [0, 0.1) is 11.6 Å². The number of amides is 1. The summed E-state index contributed by atoms with van der Waals surface area (Å²) in [5.41, 5.74) is 7.45. The van der Waals surface area contributed by atoms with Crippen molar-refractivity contribution >= 4 is 33.8 Å². The maximum atomic E-state index is 14.1. The Bertz CT molecular complexity index is 964. The molecule has 0 spiro atoms. The molecule has 3 N–H and O–H groups in total. The Morgan fingerprint density at radius 3 is 2.74 bits per heavy atom. The number of hydrogen-bond donors (Lipinski definition) is 2. The van der Waals surface area contributed by atoms with Crippen LogP contribution in [0.15, 0.2) is 48.0 Å². The highest BCUT2D eigenvalue weighted by Gasteiger charge is 2.24. The van der Waals surface area contributed by atoms with Crippen molar-refractivity contribution in [2.24, 2.45) is 5.73 Å². The van der Waals surface area contributed by atoms with Gasteiger partial charge in [-0.15, -0.1) is 11.3 Å². The second kappa shape index (κ2) is 8.56. The molecule has 0 saturated carbocycles. The Morgan fingerprint density at radius 2 is 2.04 bits per heavy atom. The van der Waals surface area contributed by atoms with Gasteiger partial charge in [-0.25, -0.2) is 13.8 Å². The van der Waals surface area contributed by atoms with Gasteiger partial charge in [-0.05, 0) is 48.4 Å². The normalized spacial score (nSPS) is 12.0. The first-order valence-electron chi connectivity index (χ1n) is 8.14. The Morgan fingerprint density at radius 1 is 1.22 bits per heavy atom. The lowest BCUT2D eigenvalue weighted by Gasteiger charge is -2.16. The quantitative estimate of drug-likeness (QED) is 0.576. The Labute approximate surface area is 164 Å². The summed E-state index contributed by atoms with van der Waals surface area (Å²) < 4.78 is 27.3. The number of rotatable bonds is 6. The van der Waals surface area contributed by atoms with E-state index in [1.165, 1.54) is 17.4 Å². The van der Waals surface area contributed by atoms with Crippen molar-refractivity contribution in [3.05, 3.63) is 70.3 Å². The van der Waals surface area contributed by atoms with Crippen LogP contribution in [-0.4, -0.2) is 17.4 Å². The minimum absolute atomic E-state index is 0.122. The molecule has 0 bridgehead atoms. The number of nitrogens with one attached hydrogen (secondary N) is 1. The van der Waals surface area contributed by atoms with Crippen LogP contribution in [-0.2, 0) is 4.79 Å². The van der Waals surface area contributed by atoms with Crippen LogP contribution in [0.5, 0.6) is 0 Å². The van der Waals surface area contributed by atoms with Gasteiger partial charge in [0.25, 0.3) is 0 Å². The van der Waals surface area contributed by atoms with Gasteiger partial charge >= 0.3 is 0 Å². The SMILES string of the molecule is NCCC(C(=O)Nc1cc(-c2ccnc(Cl)c2)cs1)c1ccc(F)cc1F. The number of carbonyl (C=O) groups is 1. The summed E-state index contributed by atoms with van der Waals surface area (Å²) in [5.74, 6) is -2.66. The molecule has 2 heterocycles. The molecule has 8 heteroatoms. The summed E-state index contributed by atoms with van der Waals surface area (Å²) >= 11 is 7.24. The standard InChI is InChI=1S/C19H16ClF2N3OS/c20-17-7-11(4-6-24-17)12-8-18(27-10-12)25-19(26)15(3-5-23)14-2-1-13(21)9-16(14)22/h1-2,4,6-10,15H,3,5,23H2,(H,25,26). The number of aromatic nitrogens is 1. The molecule has 0 aliphatic rings. The minimum atomic E-state index is -0.809. The molecule has 1 unspecified atom stereocenters. The number of thiophene rings is 1. The van der Waals surface area contributed by atoms with E-state index in [1.54, 1.807) is 18.3 Å². The van der Waals surface area contributed by atoms with Crippen LogP contribution < -0.4 is 11.1 Å². The number of benzene rings is 1. The molecule has 2 aromatic heterocycles. The van der Waals surface area contributed by atoms with Gasteiger partial charge in [-0.1, -0.05) is 17.7 Å². The Balaban J connectivity index is 1.80. The van der Waals surface area contributed by atoms with Crippen molar-refractivity contribution < 1.29 is 13.6 Å². The van der Waals surface area contributed by atoms with Crippen molar-refractivity contribution in [2.75, 3.05) is 11.9 Å². The molecule has 1 aromatic carbocycles. The lowest BCUT2D eigenvalue weighted by molar-refractivity contribution is -0.117. The van der Waals surface area contributed by atoms with Gasteiger partial charge in [-0.2, -0.15) is 0 Å². The Hall–Kier alpha value is -2.35. The first kappa shape index (κ1) is 19.4. The van der Waals surface area contributed by atoms with Gasteiger partial charge < -0.3 is 11.1 Å². The third kappa shape index (κ3) is 4.68. The summed E-state index contributed by atoms with van der Waals surface area (Å²) in [7, 11) is 0. The summed E-state index contributed by atoms with van der Waals surface area (Å²) in [5, 5.41) is 5.64. The fourth-order valence-electron chi connectivity index (χ4n) is 2.72. The maximum Gasteiger partial charge on any atom is 0.232 e. The van der Waals surface area contributed by atoms with Gasteiger partial charge in [0.15, 0.2) is 0 Å². The summed E-state index contributed by atoms with van der Waals surface area (Å²) in [6, 6.07) is 8.51. The van der Waals surface area contributed by atoms with E-state index in [9.17, 15) is 13.6 Å². The number of pyridine rings is 1. The highest BCUT2D eigenvalue weighted by molar-refractivity contribution is 7.14. The lowest BCUT2D eigenvalue weighted by atomic mass is 9.94. The fraction of sp³-hybridized carbons (Fsp3) is 0.158. The third-order valence-corrected chi connectivity index (χ3v) is 5.07. The van der Waals surface area contributed by atoms with Crippen LogP contribution in [0.4, 0.5) is 13.8 Å². The average Bonchev–Trinajstić information content (AvgIpc) is 3.09. The molecule has 0 saturated heterocycles. The van der Waals surface area contributed by atoms with E-state index in [0.717, 1.165) is 23.3 Å². The molecule has 4 nitrogen and oxygen atoms in total. The molecule has 3 rings (SSSR count). The molecule has 27 heavy (non-hydrogen) atoms. The molecule has 3 aromatic rings. The number of nitrogens with zero attached hydrogens (tertiary/aromatic N) is 1. The first-order chi connectivity index (χ1) is 13.0. The van der Waals surface area contributed by atoms with Gasteiger partial charge in [0, 0.05) is 23.2 Å². The van der Waals surface area contributed by atoms with E-state index in [1.807, 2.05) is 11.4 Å². The smallest absolute Gasteiger partial charge is 0.232 e. The molecule has 140 valence electrons.